The van der Waals surface area contributed by atoms with E-state index in [1.807, 2.05) is 0 Å². The molecule has 1 aromatic heterocycles. The van der Waals surface area contributed by atoms with Crippen LogP contribution in [0, 0.1) is 10.8 Å². The normalized spacial score (nSPS) is 28.1. The van der Waals surface area contributed by atoms with Crippen LogP contribution in [0.5, 0.6) is 0 Å². The van der Waals surface area contributed by atoms with Crippen LogP contribution in [-0.4, -0.2) is 32.1 Å². The van der Waals surface area contributed by atoms with Crippen molar-refractivity contribution in [3.05, 3.63) is 43.5 Å². The standard InChI is InChI=1S/C11H14O4.C3H4N2/c1-3-11(9(14)15)6-4-5-10(2,7-11)8(12)13;1-2-5-3-4-1/h3-4,6H,1,5,7H2,2H3,(H,12,13)(H,14,15);1-3H,(H,4,5). The maximum Gasteiger partial charge on any atom is 0.317 e. The van der Waals surface area contributed by atoms with Gasteiger partial charge in [0.1, 0.15) is 5.41 Å². The van der Waals surface area contributed by atoms with Crippen LogP contribution in [0.3, 0.4) is 0 Å². The van der Waals surface area contributed by atoms with Gasteiger partial charge in [0.15, 0.2) is 0 Å². The van der Waals surface area contributed by atoms with Gasteiger partial charge < -0.3 is 15.2 Å². The number of aromatic amines is 1. The van der Waals surface area contributed by atoms with Crippen molar-refractivity contribution in [3.8, 4) is 0 Å². The highest BCUT2D eigenvalue weighted by Gasteiger charge is 2.46. The molecule has 6 nitrogen and oxygen atoms in total. The van der Waals surface area contributed by atoms with Gasteiger partial charge in [0.2, 0.25) is 0 Å². The Balaban J connectivity index is 0.000000333. The summed E-state index contributed by atoms with van der Waals surface area (Å²) in [4.78, 5) is 28.6. The van der Waals surface area contributed by atoms with Gasteiger partial charge in [-0.3, -0.25) is 9.59 Å². The van der Waals surface area contributed by atoms with E-state index in [-0.39, 0.29) is 6.42 Å². The quantitative estimate of drug-likeness (QED) is 0.734. The second kappa shape index (κ2) is 6.18. The number of hydrogen-bond donors (Lipinski definition) is 3. The minimum absolute atomic E-state index is 0.0463. The largest absolute Gasteiger partial charge is 0.481 e. The number of nitrogens with one attached hydrogen (secondary N) is 1. The lowest BCUT2D eigenvalue weighted by Crippen LogP contribution is -2.40. The van der Waals surface area contributed by atoms with Gasteiger partial charge in [0, 0.05) is 12.4 Å². The Morgan fingerprint density at radius 1 is 1.40 bits per heavy atom. The molecule has 2 unspecified atom stereocenters. The molecular formula is C14H18N2O4. The second-order valence-corrected chi connectivity index (χ2v) is 4.96. The number of allylic oxidation sites excluding steroid dienone is 1. The zero-order valence-corrected chi connectivity index (χ0v) is 11.2. The van der Waals surface area contributed by atoms with Gasteiger partial charge in [-0.15, -0.1) is 6.58 Å². The van der Waals surface area contributed by atoms with Gasteiger partial charge in [0.05, 0.1) is 11.7 Å². The molecule has 2 rings (SSSR count). The fraction of sp³-hybridized carbons (Fsp3) is 0.357. The molecule has 1 aliphatic carbocycles. The Hall–Kier alpha value is -2.37. The Kier molecular flexibility index (Phi) is 4.85. The summed E-state index contributed by atoms with van der Waals surface area (Å²) in [5.41, 5.74) is -2.27. The highest BCUT2D eigenvalue weighted by atomic mass is 16.4. The third-order valence-electron chi connectivity index (χ3n) is 3.35. The molecule has 0 aromatic carbocycles. The number of imidazole rings is 1. The topological polar surface area (TPSA) is 103 Å². The van der Waals surface area contributed by atoms with E-state index in [1.54, 1.807) is 31.7 Å². The molecule has 0 fully saturated rings. The number of nitrogens with zero attached hydrogens (tertiary/aromatic N) is 1. The Morgan fingerprint density at radius 2 is 2.10 bits per heavy atom. The van der Waals surface area contributed by atoms with Gasteiger partial charge in [0.25, 0.3) is 0 Å². The average Bonchev–Trinajstić information content (AvgIpc) is 2.97. The first-order valence-corrected chi connectivity index (χ1v) is 6.07. The molecule has 0 saturated carbocycles. The van der Waals surface area contributed by atoms with Gasteiger partial charge in [-0.1, -0.05) is 18.2 Å². The highest BCUT2D eigenvalue weighted by Crippen LogP contribution is 2.43. The molecule has 0 aliphatic heterocycles. The number of aromatic nitrogens is 2. The smallest absolute Gasteiger partial charge is 0.317 e. The maximum atomic E-state index is 11.1. The zero-order valence-electron chi connectivity index (χ0n) is 11.2. The fourth-order valence-corrected chi connectivity index (χ4v) is 2.06. The van der Waals surface area contributed by atoms with Gasteiger partial charge in [-0.25, -0.2) is 4.98 Å². The maximum absolute atomic E-state index is 11.1. The van der Waals surface area contributed by atoms with E-state index in [2.05, 4.69) is 16.5 Å². The predicted octanol–water partition coefficient (Wildman–Crippen LogP) is 2.09. The van der Waals surface area contributed by atoms with Crippen molar-refractivity contribution in [2.45, 2.75) is 19.8 Å². The third-order valence-corrected chi connectivity index (χ3v) is 3.35. The van der Waals surface area contributed by atoms with Crippen LogP contribution in [0.1, 0.15) is 19.8 Å². The fourth-order valence-electron chi connectivity index (χ4n) is 2.06. The Morgan fingerprint density at radius 3 is 2.45 bits per heavy atom. The molecule has 0 amide bonds. The Bertz CT molecular complexity index is 492. The highest BCUT2D eigenvalue weighted by molar-refractivity contribution is 5.83. The number of H-pyrrole nitrogens is 1. The molecule has 0 saturated heterocycles. The lowest BCUT2D eigenvalue weighted by atomic mass is 9.66. The molecule has 0 bridgehead atoms. The van der Waals surface area contributed by atoms with E-state index in [1.165, 1.54) is 12.2 Å². The minimum atomic E-state index is -1.24. The molecule has 1 aliphatic rings. The van der Waals surface area contributed by atoms with E-state index in [0.717, 1.165) is 0 Å². The molecule has 0 radical (unpaired) electrons. The van der Waals surface area contributed by atoms with Crippen LogP contribution in [0.4, 0.5) is 0 Å². The first-order valence-electron chi connectivity index (χ1n) is 6.07. The van der Waals surface area contributed by atoms with Crippen LogP contribution in [0.2, 0.25) is 0 Å². The van der Waals surface area contributed by atoms with Crippen LogP contribution < -0.4 is 0 Å². The molecule has 2 atom stereocenters. The lowest BCUT2D eigenvalue weighted by molar-refractivity contribution is -0.153. The minimum Gasteiger partial charge on any atom is -0.481 e. The van der Waals surface area contributed by atoms with Gasteiger partial charge >= 0.3 is 11.9 Å². The van der Waals surface area contributed by atoms with Crippen LogP contribution >= 0.6 is 0 Å². The van der Waals surface area contributed by atoms with Crippen molar-refractivity contribution in [2.75, 3.05) is 0 Å². The van der Waals surface area contributed by atoms with Crippen molar-refractivity contribution in [3.63, 3.8) is 0 Å². The van der Waals surface area contributed by atoms with E-state index in [4.69, 9.17) is 10.2 Å². The van der Waals surface area contributed by atoms with E-state index < -0.39 is 22.8 Å². The average molecular weight is 278 g/mol. The summed E-state index contributed by atoms with van der Waals surface area (Å²) in [6.07, 6.45) is 9.91. The summed E-state index contributed by atoms with van der Waals surface area (Å²) in [6.45, 7) is 5.03. The monoisotopic (exact) mass is 278 g/mol. The van der Waals surface area contributed by atoms with Crippen molar-refractivity contribution in [1.82, 2.24) is 9.97 Å². The van der Waals surface area contributed by atoms with E-state index in [0.29, 0.717) is 6.42 Å². The molecule has 0 spiro atoms. The van der Waals surface area contributed by atoms with Crippen LogP contribution in [-0.2, 0) is 9.59 Å². The van der Waals surface area contributed by atoms with E-state index >= 15 is 0 Å². The summed E-state index contributed by atoms with van der Waals surface area (Å²) in [5, 5.41) is 18.1. The SMILES string of the molecule is C=CC1(C(=O)O)C=CCC(C)(C(=O)O)C1.c1c[nH]cn1. The summed E-state index contributed by atoms with van der Waals surface area (Å²) < 4.78 is 0. The number of hydrogen-bond acceptors (Lipinski definition) is 3. The molecule has 1 aromatic rings. The predicted molar refractivity (Wildman–Crippen MR) is 73.0 cm³/mol. The zero-order chi connectivity index (χ0) is 15.2. The number of aliphatic carboxylic acids is 2. The second-order valence-electron chi connectivity index (χ2n) is 4.96. The van der Waals surface area contributed by atoms with Gasteiger partial charge in [-0.05, 0) is 19.8 Å². The first kappa shape index (κ1) is 15.7. The van der Waals surface area contributed by atoms with Crippen molar-refractivity contribution < 1.29 is 19.8 Å². The Labute approximate surface area is 116 Å². The molecule has 6 heteroatoms. The van der Waals surface area contributed by atoms with Crippen molar-refractivity contribution >= 4 is 11.9 Å². The molecular weight excluding hydrogens is 260 g/mol. The third kappa shape index (κ3) is 3.34. The summed E-state index contributed by atoms with van der Waals surface area (Å²) >= 11 is 0. The molecule has 108 valence electrons. The van der Waals surface area contributed by atoms with Crippen LogP contribution in [0.25, 0.3) is 0 Å². The van der Waals surface area contributed by atoms with Crippen molar-refractivity contribution in [2.24, 2.45) is 10.8 Å². The molecule has 20 heavy (non-hydrogen) atoms. The summed E-state index contributed by atoms with van der Waals surface area (Å²) in [7, 11) is 0. The lowest BCUT2D eigenvalue weighted by Gasteiger charge is -2.35. The number of carboxylic acid groups (broad SMARTS) is 2. The van der Waals surface area contributed by atoms with E-state index in [9.17, 15) is 9.59 Å². The van der Waals surface area contributed by atoms with Crippen molar-refractivity contribution in [1.29, 1.82) is 0 Å². The number of carboxylic acids is 2. The first-order chi connectivity index (χ1) is 9.36. The summed E-state index contributed by atoms with van der Waals surface area (Å²) in [6, 6.07) is 0. The molecule has 3 N–H and O–H groups in total. The molecule has 1 heterocycles. The van der Waals surface area contributed by atoms with Gasteiger partial charge in [-0.2, -0.15) is 0 Å². The number of rotatable bonds is 3. The van der Waals surface area contributed by atoms with Crippen LogP contribution in [0.15, 0.2) is 43.5 Å². The number of carbonyl (C=O) groups is 2. The summed E-state index contributed by atoms with van der Waals surface area (Å²) in [5.74, 6) is -2.03.